The van der Waals surface area contributed by atoms with E-state index in [1.807, 2.05) is 37.3 Å². The maximum Gasteiger partial charge on any atom is 0.224 e. The third-order valence-corrected chi connectivity index (χ3v) is 4.24. The van der Waals surface area contributed by atoms with Gasteiger partial charge in [0.15, 0.2) is 0 Å². The summed E-state index contributed by atoms with van der Waals surface area (Å²) in [6.07, 6.45) is 3.20. The van der Waals surface area contributed by atoms with Gasteiger partial charge in [-0.25, -0.2) is 0 Å². The Morgan fingerprint density at radius 1 is 1.26 bits per heavy atom. The van der Waals surface area contributed by atoms with Gasteiger partial charge >= 0.3 is 0 Å². The number of rotatable bonds is 5. The number of nitrogens with one attached hydrogen (secondary N) is 1. The lowest BCUT2D eigenvalue weighted by molar-refractivity contribution is -0.120. The minimum absolute atomic E-state index is 0.0364. The van der Waals surface area contributed by atoms with E-state index in [4.69, 9.17) is 4.74 Å². The Labute approximate surface area is 136 Å². The van der Waals surface area contributed by atoms with E-state index in [0.29, 0.717) is 18.9 Å². The second-order valence-electron chi connectivity index (χ2n) is 6.04. The summed E-state index contributed by atoms with van der Waals surface area (Å²) in [5.41, 5.74) is 3.09. The monoisotopic (exact) mass is 310 g/mol. The van der Waals surface area contributed by atoms with Crippen molar-refractivity contribution in [3.05, 3.63) is 65.5 Å². The van der Waals surface area contributed by atoms with Crippen molar-refractivity contribution >= 4 is 5.91 Å². The molecule has 0 bridgehead atoms. The van der Waals surface area contributed by atoms with Crippen molar-refractivity contribution in [3.8, 4) is 0 Å². The second-order valence-corrected chi connectivity index (χ2v) is 6.04. The van der Waals surface area contributed by atoms with Gasteiger partial charge in [0.1, 0.15) is 0 Å². The number of aromatic nitrogens is 1. The Kier molecular flexibility index (Phi) is 5.03. The van der Waals surface area contributed by atoms with Crippen LogP contribution in [0.2, 0.25) is 0 Å². The lowest BCUT2D eigenvalue weighted by Crippen LogP contribution is -2.31. The Morgan fingerprint density at radius 3 is 2.83 bits per heavy atom. The van der Waals surface area contributed by atoms with Gasteiger partial charge in [-0.3, -0.25) is 9.78 Å². The van der Waals surface area contributed by atoms with Gasteiger partial charge in [0, 0.05) is 31.0 Å². The number of amides is 1. The average molecular weight is 310 g/mol. The first-order valence-electron chi connectivity index (χ1n) is 8.07. The van der Waals surface area contributed by atoms with Crippen molar-refractivity contribution in [2.24, 2.45) is 5.92 Å². The molecular weight excluding hydrogens is 288 g/mol. The van der Waals surface area contributed by atoms with Crippen LogP contribution in [0.15, 0.2) is 48.7 Å². The Bertz CT molecular complexity index is 640. The summed E-state index contributed by atoms with van der Waals surface area (Å²) >= 11 is 0. The number of hydrogen-bond donors (Lipinski definition) is 1. The lowest BCUT2D eigenvalue weighted by Gasteiger charge is -2.19. The van der Waals surface area contributed by atoms with Crippen LogP contribution in [0.25, 0.3) is 0 Å². The fraction of sp³-hybridized carbons (Fsp3) is 0.368. The number of nitrogens with zero attached hydrogens (tertiary/aromatic N) is 1. The molecule has 2 aromatic rings. The van der Waals surface area contributed by atoms with Crippen molar-refractivity contribution in [2.45, 2.75) is 25.9 Å². The van der Waals surface area contributed by atoms with E-state index in [1.54, 1.807) is 6.20 Å². The molecule has 0 saturated carbocycles. The van der Waals surface area contributed by atoms with Crippen molar-refractivity contribution in [1.82, 2.24) is 10.3 Å². The molecule has 23 heavy (non-hydrogen) atoms. The number of benzene rings is 1. The van der Waals surface area contributed by atoms with Crippen LogP contribution in [0, 0.1) is 12.8 Å². The zero-order valence-corrected chi connectivity index (χ0v) is 13.4. The predicted molar refractivity (Wildman–Crippen MR) is 88.9 cm³/mol. The number of ether oxygens (including phenoxy) is 1. The first kappa shape index (κ1) is 15.7. The van der Waals surface area contributed by atoms with E-state index in [9.17, 15) is 4.79 Å². The smallest absolute Gasteiger partial charge is 0.224 e. The zero-order chi connectivity index (χ0) is 16.1. The summed E-state index contributed by atoms with van der Waals surface area (Å²) in [5.74, 6) is 0.367. The van der Waals surface area contributed by atoms with Crippen LogP contribution >= 0.6 is 0 Å². The number of hydrogen-bond acceptors (Lipinski definition) is 3. The highest BCUT2D eigenvalue weighted by molar-refractivity contribution is 5.78. The first-order valence-corrected chi connectivity index (χ1v) is 8.07. The molecule has 2 atom stereocenters. The molecule has 1 amide bonds. The molecule has 1 aromatic carbocycles. The van der Waals surface area contributed by atoms with E-state index in [0.717, 1.165) is 24.3 Å². The van der Waals surface area contributed by atoms with Crippen LogP contribution in [0.5, 0.6) is 0 Å². The molecule has 0 aliphatic carbocycles. The van der Waals surface area contributed by atoms with Gasteiger partial charge < -0.3 is 10.1 Å². The lowest BCUT2D eigenvalue weighted by atomic mass is 9.95. The van der Waals surface area contributed by atoms with Gasteiger partial charge in [0.05, 0.1) is 12.5 Å². The summed E-state index contributed by atoms with van der Waals surface area (Å²) in [7, 11) is 0. The van der Waals surface area contributed by atoms with E-state index >= 15 is 0 Å². The highest BCUT2D eigenvalue weighted by atomic mass is 16.5. The number of carbonyl (C=O) groups is 1. The first-order chi connectivity index (χ1) is 11.2. The van der Waals surface area contributed by atoms with Crippen LogP contribution in [-0.4, -0.2) is 24.0 Å². The topological polar surface area (TPSA) is 51.2 Å². The van der Waals surface area contributed by atoms with E-state index in [1.165, 1.54) is 5.56 Å². The fourth-order valence-corrected chi connectivity index (χ4v) is 2.95. The Balaban J connectivity index is 1.53. The Hall–Kier alpha value is -2.20. The Morgan fingerprint density at radius 2 is 2.09 bits per heavy atom. The van der Waals surface area contributed by atoms with Gasteiger partial charge in [-0.05, 0) is 30.5 Å². The molecule has 1 N–H and O–H groups in total. The molecular formula is C19H22N2O2. The third-order valence-electron chi connectivity index (χ3n) is 4.24. The molecule has 1 fully saturated rings. The van der Waals surface area contributed by atoms with E-state index in [-0.39, 0.29) is 12.0 Å². The number of pyridine rings is 1. The van der Waals surface area contributed by atoms with Crippen molar-refractivity contribution in [3.63, 3.8) is 0 Å². The molecule has 4 nitrogen and oxygen atoms in total. The van der Waals surface area contributed by atoms with E-state index < -0.39 is 0 Å². The quantitative estimate of drug-likeness (QED) is 0.924. The molecule has 1 aromatic heterocycles. The largest absolute Gasteiger partial charge is 0.373 e. The van der Waals surface area contributed by atoms with Gasteiger partial charge in [0.2, 0.25) is 5.91 Å². The molecule has 0 radical (unpaired) electrons. The molecule has 3 rings (SSSR count). The fourth-order valence-electron chi connectivity index (χ4n) is 2.95. The van der Waals surface area contributed by atoms with Crippen LogP contribution in [0.1, 0.15) is 29.3 Å². The maximum atomic E-state index is 12.1. The minimum Gasteiger partial charge on any atom is -0.373 e. The minimum atomic E-state index is 0.0364. The summed E-state index contributed by atoms with van der Waals surface area (Å²) < 4.78 is 5.85. The van der Waals surface area contributed by atoms with Crippen LogP contribution in [-0.2, 0) is 16.0 Å². The SMILES string of the molecule is Cc1ccc(CC(=O)NC[C@H]2CCO[C@@H]2c2ccccc2)cn1. The van der Waals surface area contributed by atoms with Crippen molar-refractivity contribution < 1.29 is 9.53 Å². The molecule has 0 spiro atoms. The molecule has 1 aliphatic heterocycles. The molecule has 2 heterocycles. The average Bonchev–Trinajstić information content (AvgIpc) is 3.04. The summed E-state index contributed by atoms with van der Waals surface area (Å²) in [6.45, 7) is 3.34. The number of carbonyl (C=O) groups excluding carboxylic acids is 1. The van der Waals surface area contributed by atoms with Gasteiger partial charge in [-0.2, -0.15) is 0 Å². The van der Waals surface area contributed by atoms with Crippen molar-refractivity contribution in [1.29, 1.82) is 0 Å². The predicted octanol–water partition coefficient (Wildman–Crippen LogP) is 2.83. The third kappa shape index (κ3) is 4.17. The summed E-state index contributed by atoms with van der Waals surface area (Å²) in [5, 5.41) is 3.04. The van der Waals surface area contributed by atoms with Crippen molar-refractivity contribution in [2.75, 3.05) is 13.2 Å². The van der Waals surface area contributed by atoms with E-state index in [2.05, 4.69) is 22.4 Å². The van der Waals surface area contributed by atoms with Crippen LogP contribution < -0.4 is 5.32 Å². The van der Waals surface area contributed by atoms with Gasteiger partial charge in [-0.1, -0.05) is 36.4 Å². The molecule has 4 heteroatoms. The highest BCUT2D eigenvalue weighted by Crippen LogP contribution is 2.33. The highest BCUT2D eigenvalue weighted by Gasteiger charge is 2.29. The summed E-state index contributed by atoms with van der Waals surface area (Å²) in [6, 6.07) is 14.1. The maximum absolute atomic E-state index is 12.1. The zero-order valence-electron chi connectivity index (χ0n) is 13.4. The van der Waals surface area contributed by atoms with Crippen LogP contribution in [0.3, 0.4) is 0 Å². The standard InChI is InChI=1S/C19H22N2O2/c1-14-7-8-15(12-20-14)11-18(22)21-13-17-9-10-23-19(17)16-5-3-2-4-6-16/h2-8,12,17,19H,9-11,13H2,1H3,(H,21,22)/t17-,19-/m1/s1. The van der Waals surface area contributed by atoms with Gasteiger partial charge in [-0.15, -0.1) is 0 Å². The number of aryl methyl sites for hydroxylation is 1. The van der Waals surface area contributed by atoms with Crippen LogP contribution in [0.4, 0.5) is 0 Å². The second kappa shape index (κ2) is 7.38. The molecule has 120 valence electrons. The normalized spacial score (nSPS) is 20.4. The molecule has 0 unspecified atom stereocenters. The molecule has 1 saturated heterocycles. The summed E-state index contributed by atoms with van der Waals surface area (Å²) in [4.78, 5) is 16.3. The molecule has 1 aliphatic rings. The van der Waals surface area contributed by atoms with Gasteiger partial charge in [0.25, 0.3) is 0 Å².